The zero-order chi connectivity index (χ0) is 55.4. The largest absolute Gasteiger partial charge is 0.493 e. The summed E-state index contributed by atoms with van der Waals surface area (Å²) in [7, 11) is 5.42. The molecule has 2 aliphatic rings. The van der Waals surface area contributed by atoms with E-state index in [2.05, 4.69) is 15.6 Å². The Hall–Kier alpha value is -6.54. The monoisotopic (exact) mass is 1060 g/mol. The molecule has 0 bridgehead atoms. The molecule has 0 spiro atoms. The molecule has 25 heteroatoms. The lowest BCUT2D eigenvalue weighted by Gasteiger charge is -2.33. The minimum Gasteiger partial charge on any atom is -0.493 e. The van der Waals surface area contributed by atoms with E-state index in [1.165, 1.54) is 57.6 Å². The molecule has 2 aliphatic heterocycles. The molecule has 4 unspecified atom stereocenters. The highest BCUT2D eigenvalue weighted by Crippen LogP contribution is 2.41. The van der Waals surface area contributed by atoms with Gasteiger partial charge >= 0.3 is 5.97 Å². The second-order valence-corrected chi connectivity index (χ2v) is 20.2. The van der Waals surface area contributed by atoms with Crippen molar-refractivity contribution in [3.8, 4) is 23.0 Å². The Balaban J connectivity index is 1.26. The minimum atomic E-state index is -1.99. The SMILES string of the molecule is COc1cc(COC2CC(OC(=O)C(C)C)C(COCc3cn(CCC(C)(C)OCCC(C)(C)NC(=O)CCN4C(=O)CC(C(C)C)C4=O)nn3)(OCc3cc(OC)c(OC)cc3[N+](=O)[O-])O2)c([N+](=O)[O-])cc1OC. The van der Waals surface area contributed by atoms with Crippen molar-refractivity contribution < 1.29 is 76.4 Å². The Morgan fingerprint density at radius 2 is 1.44 bits per heavy atom. The summed E-state index contributed by atoms with van der Waals surface area (Å²) < 4.78 is 60.3. The Morgan fingerprint density at radius 3 is 1.99 bits per heavy atom. The van der Waals surface area contributed by atoms with E-state index in [0.29, 0.717) is 31.7 Å². The van der Waals surface area contributed by atoms with Gasteiger partial charge in [0.1, 0.15) is 12.3 Å². The normalized spacial score (nSPS) is 19.0. The number of likely N-dealkylation sites (tertiary alicyclic amines) is 1. The third-order valence-corrected chi connectivity index (χ3v) is 12.8. The molecule has 75 heavy (non-hydrogen) atoms. The Kier molecular flexibility index (Phi) is 20.4. The van der Waals surface area contributed by atoms with E-state index in [1.54, 1.807) is 24.7 Å². The molecule has 2 aromatic carbocycles. The highest BCUT2D eigenvalue weighted by molar-refractivity contribution is 6.03. The van der Waals surface area contributed by atoms with E-state index in [0.717, 1.165) is 0 Å². The summed E-state index contributed by atoms with van der Waals surface area (Å²) in [5.74, 6) is -3.68. The zero-order valence-corrected chi connectivity index (χ0v) is 44.8. The van der Waals surface area contributed by atoms with Crippen LogP contribution in [0.25, 0.3) is 0 Å². The van der Waals surface area contributed by atoms with Crippen LogP contribution in [-0.2, 0) is 74.0 Å². The van der Waals surface area contributed by atoms with Crippen LogP contribution in [0.1, 0.15) is 104 Å². The minimum absolute atomic E-state index is 0.00114. The van der Waals surface area contributed by atoms with Crippen molar-refractivity contribution in [2.24, 2.45) is 17.8 Å². The van der Waals surface area contributed by atoms with Gasteiger partial charge < -0.3 is 52.7 Å². The van der Waals surface area contributed by atoms with Gasteiger partial charge in [0.05, 0.1) is 99.1 Å². The molecule has 0 radical (unpaired) electrons. The number of benzene rings is 2. The lowest BCUT2D eigenvalue weighted by molar-refractivity contribution is -0.386. The number of amides is 3. The van der Waals surface area contributed by atoms with Crippen molar-refractivity contribution in [3.05, 3.63) is 67.5 Å². The first-order chi connectivity index (χ1) is 35.3. The van der Waals surface area contributed by atoms with E-state index >= 15 is 0 Å². The van der Waals surface area contributed by atoms with E-state index in [4.69, 9.17) is 47.4 Å². The van der Waals surface area contributed by atoms with Crippen LogP contribution in [-0.4, -0.2) is 131 Å². The standard InChI is InChI=1S/C50H71N7O18/c1-30(2)35-21-44(59)55(46(35)60)16-13-43(58)51-48(5,6)15-18-72-49(7,8)14-17-54-25-34(52-53-54)28-70-29-50(73-27-33-20-39(67-10)41(69-12)23-37(33)57(64)65)42(74-47(61)31(3)4)24-45(75-50)71-26-32-19-38(66-9)40(68-11)22-36(32)56(62)63/h19-20,22-23,25,30-31,35,42,45H,13-18,21,24,26-29H2,1-12H3,(H,51,58). The number of aryl methyl sites for hydroxylation is 1. The van der Waals surface area contributed by atoms with E-state index in [-0.39, 0.29) is 114 Å². The number of imide groups is 1. The first kappa shape index (κ1) is 59.3. The first-order valence-electron chi connectivity index (χ1n) is 24.5. The van der Waals surface area contributed by atoms with Crippen LogP contribution in [0.2, 0.25) is 0 Å². The molecular weight excluding hydrogens is 987 g/mol. The van der Waals surface area contributed by atoms with Gasteiger partial charge in [0.25, 0.3) is 11.4 Å². The molecule has 0 aliphatic carbocycles. The summed E-state index contributed by atoms with van der Waals surface area (Å²) in [5, 5.41) is 35.9. The molecule has 5 rings (SSSR count). The van der Waals surface area contributed by atoms with Crippen LogP contribution >= 0.6 is 0 Å². The van der Waals surface area contributed by atoms with Gasteiger partial charge in [-0.15, -0.1) is 5.10 Å². The van der Waals surface area contributed by atoms with Crippen molar-refractivity contribution >= 4 is 35.1 Å². The van der Waals surface area contributed by atoms with Gasteiger partial charge in [-0.25, -0.2) is 0 Å². The summed E-state index contributed by atoms with van der Waals surface area (Å²) in [6.45, 7) is 14.0. The quantitative estimate of drug-likeness (QED) is 0.0347. The van der Waals surface area contributed by atoms with Gasteiger partial charge in [-0.1, -0.05) is 32.9 Å². The number of aromatic nitrogens is 3. The summed E-state index contributed by atoms with van der Waals surface area (Å²) in [6.07, 6.45) is 0.219. The van der Waals surface area contributed by atoms with Gasteiger partial charge in [0.2, 0.25) is 23.5 Å². The average molecular weight is 1060 g/mol. The fourth-order valence-electron chi connectivity index (χ4n) is 8.32. The number of ether oxygens (including phenoxy) is 10. The molecule has 414 valence electrons. The Morgan fingerprint density at radius 1 is 0.853 bits per heavy atom. The number of carbonyl (C=O) groups excluding carboxylic acids is 4. The summed E-state index contributed by atoms with van der Waals surface area (Å²) >= 11 is 0. The molecule has 3 aromatic rings. The van der Waals surface area contributed by atoms with Crippen molar-refractivity contribution in [2.45, 2.75) is 143 Å². The average Bonchev–Trinajstić information content (AvgIpc) is 4.04. The summed E-state index contributed by atoms with van der Waals surface area (Å²) in [5.41, 5.74) is -1.39. The number of nitrogens with zero attached hydrogens (tertiary/aromatic N) is 6. The lowest BCUT2D eigenvalue weighted by atomic mass is 9.94. The van der Waals surface area contributed by atoms with Crippen LogP contribution in [0, 0.1) is 38.0 Å². The molecule has 2 fully saturated rings. The van der Waals surface area contributed by atoms with Crippen LogP contribution in [0.3, 0.4) is 0 Å². The second kappa shape index (κ2) is 25.8. The Labute approximate surface area is 435 Å². The molecule has 25 nitrogen and oxygen atoms in total. The molecule has 1 aromatic heterocycles. The van der Waals surface area contributed by atoms with Gasteiger partial charge in [-0.05, 0) is 58.6 Å². The van der Waals surface area contributed by atoms with Gasteiger partial charge in [-0.3, -0.25) is 49.0 Å². The number of hydrogen-bond acceptors (Lipinski definition) is 20. The number of nitro benzene ring substituents is 2. The van der Waals surface area contributed by atoms with Crippen molar-refractivity contribution in [3.63, 3.8) is 0 Å². The van der Waals surface area contributed by atoms with E-state index in [9.17, 15) is 39.4 Å². The summed E-state index contributed by atoms with van der Waals surface area (Å²) in [6, 6.07) is 5.16. The fourth-order valence-corrected chi connectivity index (χ4v) is 8.32. The van der Waals surface area contributed by atoms with Crippen molar-refractivity contribution in [1.29, 1.82) is 0 Å². The number of hydrogen-bond donors (Lipinski definition) is 1. The zero-order valence-electron chi connectivity index (χ0n) is 44.8. The third-order valence-electron chi connectivity index (χ3n) is 12.8. The molecule has 1 N–H and O–H groups in total. The first-order valence-corrected chi connectivity index (χ1v) is 24.5. The molecule has 4 atom stereocenters. The maximum Gasteiger partial charge on any atom is 0.308 e. The second-order valence-electron chi connectivity index (χ2n) is 20.2. The topological polar surface area (TPSA) is 293 Å². The highest BCUT2D eigenvalue weighted by Gasteiger charge is 2.54. The van der Waals surface area contributed by atoms with Crippen LogP contribution in [0.4, 0.5) is 11.4 Å². The maximum atomic E-state index is 13.3. The van der Waals surface area contributed by atoms with Crippen molar-refractivity contribution in [2.75, 3.05) is 48.2 Å². The predicted molar refractivity (Wildman–Crippen MR) is 264 cm³/mol. The predicted octanol–water partition coefficient (Wildman–Crippen LogP) is 5.98. The number of nitrogens with one attached hydrogen (secondary N) is 1. The van der Waals surface area contributed by atoms with Crippen molar-refractivity contribution in [1.82, 2.24) is 25.2 Å². The van der Waals surface area contributed by atoms with Gasteiger partial charge in [-0.2, -0.15) is 0 Å². The fraction of sp³-hybridized carbons (Fsp3) is 0.640. The number of nitro groups is 2. The third kappa shape index (κ3) is 15.8. The van der Waals surface area contributed by atoms with Crippen LogP contribution in [0.5, 0.6) is 23.0 Å². The molecule has 3 heterocycles. The van der Waals surface area contributed by atoms with Gasteiger partial charge in [0.15, 0.2) is 35.4 Å². The Bertz CT molecular complexity index is 2510. The van der Waals surface area contributed by atoms with E-state index < -0.39 is 64.3 Å². The summed E-state index contributed by atoms with van der Waals surface area (Å²) in [4.78, 5) is 75.6. The highest BCUT2D eigenvalue weighted by atomic mass is 16.8. The molecule has 3 amide bonds. The number of rotatable bonds is 30. The number of esters is 1. The lowest BCUT2D eigenvalue weighted by Crippen LogP contribution is -2.49. The molecular formula is C50H71N7O18. The smallest absolute Gasteiger partial charge is 0.308 e. The maximum absolute atomic E-state index is 13.3. The van der Waals surface area contributed by atoms with Gasteiger partial charge in [0, 0.05) is 50.4 Å². The molecule has 0 saturated carbocycles. The number of methoxy groups -OCH3 is 4. The van der Waals surface area contributed by atoms with Crippen LogP contribution in [0.15, 0.2) is 30.5 Å². The number of carbonyl (C=O) groups is 4. The molecule has 2 saturated heterocycles. The van der Waals surface area contributed by atoms with E-state index in [1.807, 2.05) is 41.5 Å². The van der Waals surface area contributed by atoms with Crippen LogP contribution < -0.4 is 24.3 Å².